The number of rotatable bonds is 5. The molecular formula is C20H21N3O2. The van der Waals surface area contributed by atoms with Crippen LogP contribution in [-0.4, -0.2) is 31.7 Å². The van der Waals surface area contributed by atoms with Crippen LogP contribution in [0.1, 0.15) is 0 Å². The molecule has 0 heterocycles. The summed E-state index contributed by atoms with van der Waals surface area (Å²) in [5, 5.41) is 17.5. The summed E-state index contributed by atoms with van der Waals surface area (Å²) in [5.74, 6) is 0.0268. The van der Waals surface area contributed by atoms with Gasteiger partial charge in [0, 0.05) is 36.5 Å². The molecule has 0 spiro atoms. The molecule has 3 N–H and O–H groups in total. The molecule has 0 radical (unpaired) electrons. The highest BCUT2D eigenvalue weighted by atomic mass is 16.3. The summed E-state index contributed by atoms with van der Waals surface area (Å²) in [6, 6.07) is 18.6. The van der Waals surface area contributed by atoms with Gasteiger partial charge in [0.05, 0.1) is 6.54 Å². The van der Waals surface area contributed by atoms with Crippen molar-refractivity contribution in [3.05, 3.63) is 60.7 Å². The van der Waals surface area contributed by atoms with Gasteiger partial charge in [0.1, 0.15) is 5.75 Å². The molecule has 3 aromatic rings. The summed E-state index contributed by atoms with van der Waals surface area (Å²) >= 11 is 0. The molecule has 3 aromatic carbocycles. The summed E-state index contributed by atoms with van der Waals surface area (Å²) in [6.07, 6.45) is 0. The Kier molecular flexibility index (Phi) is 4.75. The Bertz CT molecular complexity index is 906. The molecule has 25 heavy (non-hydrogen) atoms. The number of nitrogens with one attached hydrogen (secondary N) is 2. The van der Waals surface area contributed by atoms with E-state index in [0.29, 0.717) is 5.69 Å². The van der Waals surface area contributed by atoms with Crippen molar-refractivity contribution in [3.8, 4) is 5.75 Å². The van der Waals surface area contributed by atoms with Crippen LogP contribution in [0.3, 0.4) is 0 Å². The number of fused-ring (bicyclic) bond motifs is 1. The zero-order chi connectivity index (χ0) is 17.8. The van der Waals surface area contributed by atoms with Gasteiger partial charge in [-0.15, -0.1) is 0 Å². The normalized spacial score (nSPS) is 10.5. The Labute approximate surface area is 146 Å². The van der Waals surface area contributed by atoms with E-state index in [1.165, 1.54) is 0 Å². The lowest BCUT2D eigenvalue weighted by Gasteiger charge is -2.14. The average molecular weight is 335 g/mol. The van der Waals surface area contributed by atoms with Crippen molar-refractivity contribution in [1.29, 1.82) is 0 Å². The zero-order valence-corrected chi connectivity index (χ0v) is 14.3. The predicted molar refractivity (Wildman–Crippen MR) is 104 cm³/mol. The minimum Gasteiger partial charge on any atom is -0.508 e. The lowest BCUT2D eigenvalue weighted by atomic mass is 10.1. The molecule has 0 aromatic heterocycles. The zero-order valence-electron chi connectivity index (χ0n) is 14.3. The van der Waals surface area contributed by atoms with Gasteiger partial charge in [0.15, 0.2) is 0 Å². The summed E-state index contributed by atoms with van der Waals surface area (Å²) in [5.41, 5.74) is 2.63. The van der Waals surface area contributed by atoms with E-state index >= 15 is 0 Å². The molecule has 0 fully saturated rings. The Hall–Kier alpha value is -3.21. The largest absolute Gasteiger partial charge is 0.508 e. The maximum Gasteiger partial charge on any atom is 0.243 e. The number of amides is 1. The van der Waals surface area contributed by atoms with E-state index in [0.717, 1.165) is 22.1 Å². The highest BCUT2D eigenvalue weighted by molar-refractivity contribution is 6.03. The number of carbonyl (C=O) groups is 1. The third-order valence-electron chi connectivity index (χ3n) is 3.96. The van der Waals surface area contributed by atoms with Gasteiger partial charge in [0.25, 0.3) is 0 Å². The molecule has 0 bridgehead atoms. The summed E-state index contributed by atoms with van der Waals surface area (Å²) < 4.78 is 0. The number of carbonyl (C=O) groups excluding carboxylic acids is 1. The summed E-state index contributed by atoms with van der Waals surface area (Å²) in [7, 11) is 3.95. The number of anilines is 3. The fraction of sp³-hybridized carbons (Fsp3) is 0.150. The van der Waals surface area contributed by atoms with Crippen molar-refractivity contribution >= 4 is 33.7 Å². The van der Waals surface area contributed by atoms with Gasteiger partial charge in [-0.1, -0.05) is 24.3 Å². The van der Waals surface area contributed by atoms with Crippen molar-refractivity contribution in [2.24, 2.45) is 0 Å². The maximum absolute atomic E-state index is 12.3. The minimum atomic E-state index is -0.147. The number of phenolic OH excluding ortho intramolecular Hbond substituents is 1. The smallest absolute Gasteiger partial charge is 0.243 e. The summed E-state index contributed by atoms with van der Waals surface area (Å²) in [4.78, 5) is 14.3. The number of benzene rings is 3. The van der Waals surface area contributed by atoms with Gasteiger partial charge in [-0.05, 0) is 41.8 Å². The SMILES string of the molecule is CN(C)c1cccc(NCC(=O)Nc2cccc3ccc(O)cc23)c1. The van der Waals surface area contributed by atoms with E-state index in [1.807, 2.05) is 67.5 Å². The van der Waals surface area contributed by atoms with Crippen LogP contribution < -0.4 is 15.5 Å². The Morgan fingerprint density at radius 2 is 1.84 bits per heavy atom. The Morgan fingerprint density at radius 1 is 1.04 bits per heavy atom. The lowest BCUT2D eigenvalue weighted by molar-refractivity contribution is -0.114. The van der Waals surface area contributed by atoms with Crippen LogP contribution in [0.5, 0.6) is 5.75 Å². The van der Waals surface area contributed by atoms with Crippen LogP contribution in [-0.2, 0) is 4.79 Å². The van der Waals surface area contributed by atoms with Gasteiger partial charge in [-0.2, -0.15) is 0 Å². The number of phenols is 1. The highest BCUT2D eigenvalue weighted by Crippen LogP contribution is 2.27. The van der Waals surface area contributed by atoms with Crippen molar-refractivity contribution in [2.45, 2.75) is 0 Å². The Morgan fingerprint density at radius 3 is 2.64 bits per heavy atom. The first-order valence-electron chi connectivity index (χ1n) is 8.06. The second-order valence-electron chi connectivity index (χ2n) is 6.06. The van der Waals surface area contributed by atoms with Crippen molar-refractivity contribution < 1.29 is 9.90 Å². The molecule has 5 heteroatoms. The van der Waals surface area contributed by atoms with Crippen molar-refractivity contribution in [1.82, 2.24) is 0 Å². The fourth-order valence-electron chi connectivity index (χ4n) is 2.64. The average Bonchev–Trinajstić information content (AvgIpc) is 2.61. The first-order valence-corrected chi connectivity index (χ1v) is 8.06. The van der Waals surface area contributed by atoms with Crippen molar-refractivity contribution in [3.63, 3.8) is 0 Å². The molecule has 0 saturated heterocycles. The van der Waals surface area contributed by atoms with Gasteiger partial charge in [-0.3, -0.25) is 4.79 Å². The van der Waals surface area contributed by atoms with Crippen LogP contribution in [0, 0.1) is 0 Å². The monoisotopic (exact) mass is 335 g/mol. The second-order valence-corrected chi connectivity index (χ2v) is 6.06. The molecule has 3 rings (SSSR count). The quantitative estimate of drug-likeness (QED) is 0.666. The molecule has 5 nitrogen and oxygen atoms in total. The number of hydrogen-bond donors (Lipinski definition) is 3. The third kappa shape index (κ3) is 4.01. The first kappa shape index (κ1) is 16.6. The molecule has 0 aliphatic carbocycles. The van der Waals surface area contributed by atoms with Gasteiger partial charge in [0.2, 0.25) is 5.91 Å². The molecule has 0 unspecified atom stereocenters. The lowest BCUT2D eigenvalue weighted by Crippen LogP contribution is -2.22. The first-order chi connectivity index (χ1) is 12.0. The second kappa shape index (κ2) is 7.13. The molecule has 0 aliphatic heterocycles. The van der Waals surface area contributed by atoms with Gasteiger partial charge < -0.3 is 20.6 Å². The summed E-state index contributed by atoms with van der Waals surface area (Å²) in [6.45, 7) is 0.159. The topological polar surface area (TPSA) is 64.6 Å². The minimum absolute atomic E-state index is 0.147. The fourth-order valence-corrected chi connectivity index (χ4v) is 2.64. The molecule has 0 atom stereocenters. The van der Waals surface area contributed by atoms with E-state index in [4.69, 9.17) is 0 Å². The van der Waals surface area contributed by atoms with E-state index < -0.39 is 0 Å². The highest BCUT2D eigenvalue weighted by Gasteiger charge is 2.07. The molecular weight excluding hydrogens is 314 g/mol. The number of hydrogen-bond acceptors (Lipinski definition) is 4. The van der Waals surface area contributed by atoms with Crippen LogP contribution in [0.25, 0.3) is 10.8 Å². The van der Waals surface area contributed by atoms with Crippen molar-refractivity contribution in [2.75, 3.05) is 36.2 Å². The van der Waals surface area contributed by atoms with Crippen LogP contribution >= 0.6 is 0 Å². The van der Waals surface area contributed by atoms with Gasteiger partial charge >= 0.3 is 0 Å². The van der Waals surface area contributed by atoms with Crippen LogP contribution in [0.15, 0.2) is 60.7 Å². The molecule has 0 aliphatic rings. The molecule has 0 saturated carbocycles. The van der Waals surface area contributed by atoms with E-state index in [1.54, 1.807) is 12.1 Å². The number of aromatic hydroxyl groups is 1. The Balaban J connectivity index is 1.69. The van der Waals surface area contributed by atoms with Crippen LogP contribution in [0.2, 0.25) is 0 Å². The maximum atomic E-state index is 12.3. The van der Waals surface area contributed by atoms with Crippen LogP contribution in [0.4, 0.5) is 17.1 Å². The molecule has 1 amide bonds. The molecule has 128 valence electrons. The number of nitrogens with zero attached hydrogens (tertiary/aromatic N) is 1. The standard InChI is InChI=1S/C20H21N3O2/c1-23(2)16-7-4-6-15(11-16)21-13-20(25)22-19-8-3-5-14-9-10-17(24)12-18(14)19/h3-12,21,24H,13H2,1-2H3,(H,22,25). The van der Waals surface area contributed by atoms with E-state index in [-0.39, 0.29) is 18.2 Å². The third-order valence-corrected chi connectivity index (χ3v) is 3.96. The predicted octanol–water partition coefficient (Wildman–Crippen LogP) is 3.66. The van der Waals surface area contributed by atoms with Gasteiger partial charge in [-0.25, -0.2) is 0 Å². The van der Waals surface area contributed by atoms with E-state index in [2.05, 4.69) is 10.6 Å². The van der Waals surface area contributed by atoms with E-state index in [9.17, 15) is 9.90 Å².